The number of amides is 1. The van der Waals surface area contributed by atoms with Crippen LogP contribution >= 0.6 is 0 Å². The van der Waals surface area contributed by atoms with Gasteiger partial charge in [-0.15, -0.1) is 0 Å². The monoisotopic (exact) mass is 227 g/mol. The van der Waals surface area contributed by atoms with E-state index in [1.807, 2.05) is 0 Å². The van der Waals surface area contributed by atoms with Crippen molar-refractivity contribution in [2.75, 3.05) is 6.54 Å². The summed E-state index contributed by atoms with van der Waals surface area (Å²) in [7, 11) is 0. The van der Waals surface area contributed by atoms with Crippen molar-refractivity contribution in [2.45, 2.75) is 26.1 Å². The van der Waals surface area contributed by atoms with E-state index in [9.17, 15) is 4.79 Å². The maximum Gasteiger partial charge on any atom is 0.226 e. The highest BCUT2D eigenvalue weighted by Crippen LogP contribution is 1.96. The van der Waals surface area contributed by atoms with E-state index in [0.29, 0.717) is 6.54 Å². The number of rotatable bonds is 5. The van der Waals surface area contributed by atoms with Crippen molar-refractivity contribution < 1.29 is 7.54 Å². The quantitative estimate of drug-likeness (QED) is 0.380. The first-order valence-electron chi connectivity index (χ1n) is 6.21. The highest BCUT2D eigenvalue weighted by atomic mass is 16.1. The van der Waals surface area contributed by atoms with Gasteiger partial charge in [-0.2, -0.15) is 0 Å². The predicted molar refractivity (Wildman–Crippen MR) is 61.8 cm³/mol. The lowest BCUT2D eigenvalue weighted by molar-refractivity contribution is -0.119. The average molecular weight is 227 g/mol. The largest absolute Gasteiger partial charge is 0.370 e. The molecule has 1 unspecified atom stereocenters. The Bertz CT molecular complexity index is 393. The predicted octanol–water partition coefficient (Wildman–Crippen LogP) is 0.183. The van der Waals surface area contributed by atoms with Crippen molar-refractivity contribution in [1.82, 2.24) is 15.3 Å². The number of carbonyl (C=O) groups excluding carboxylic acids is 1. The molecule has 0 aliphatic heterocycles. The number of nitrogens with zero attached hydrogens (tertiary/aromatic N) is 2. The molecule has 0 bridgehead atoms. The summed E-state index contributed by atoms with van der Waals surface area (Å²) >= 11 is 0. The number of aromatic amines is 1. The molecule has 6 nitrogen and oxygen atoms in total. The number of imidazole rings is 1. The Morgan fingerprint density at radius 1 is 1.88 bits per heavy atom. The van der Waals surface area contributed by atoms with Crippen LogP contribution in [0.1, 0.15) is 28.2 Å². The van der Waals surface area contributed by atoms with Gasteiger partial charge in [0.2, 0.25) is 5.91 Å². The zero-order chi connectivity index (χ0) is 13.4. The van der Waals surface area contributed by atoms with Gasteiger partial charge < -0.3 is 10.7 Å². The van der Waals surface area contributed by atoms with Crippen LogP contribution in [0.5, 0.6) is 0 Å². The Balaban J connectivity index is 2.23. The number of nitrogens with two attached hydrogens (primary N) is 1. The van der Waals surface area contributed by atoms with Crippen LogP contribution in [0.25, 0.3) is 0 Å². The van der Waals surface area contributed by atoms with Crippen molar-refractivity contribution in [2.24, 2.45) is 10.7 Å². The Morgan fingerprint density at radius 3 is 3.44 bits per heavy atom. The van der Waals surface area contributed by atoms with E-state index in [-0.39, 0.29) is 12.9 Å². The van der Waals surface area contributed by atoms with Gasteiger partial charge in [-0.05, 0) is 12.8 Å². The molecule has 0 saturated carbocycles. The van der Waals surface area contributed by atoms with Crippen LogP contribution in [0.3, 0.4) is 0 Å². The Kier molecular flexibility index (Phi) is 3.87. The summed E-state index contributed by atoms with van der Waals surface area (Å²) in [4.78, 5) is 22.0. The number of hydrogen-bond donors (Lipinski definition) is 3. The third-order valence-corrected chi connectivity index (χ3v) is 1.88. The summed E-state index contributed by atoms with van der Waals surface area (Å²) in [6, 6.07) is 0. The fourth-order valence-corrected chi connectivity index (χ4v) is 1.11. The minimum atomic E-state index is -1.12. The minimum Gasteiger partial charge on any atom is -0.370 e. The molecule has 1 amide bonds. The number of aromatic nitrogens is 2. The molecule has 0 aromatic carbocycles. The molecule has 0 fully saturated rings. The van der Waals surface area contributed by atoms with Crippen molar-refractivity contribution >= 4 is 11.9 Å². The second-order valence-electron chi connectivity index (χ2n) is 3.14. The number of hydrogen-bond acceptors (Lipinski definition) is 3. The maximum atomic E-state index is 11.2. The second-order valence-corrected chi connectivity index (χ2v) is 3.14. The molecule has 1 atom stereocenters. The smallest absolute Gasteiger partial charge is 0.226 e. The normalized spacial score (nSPS) is 15.1. The summed E-state index contributed by atoms with van der Waals surface area (Å²) in [5.74, 6) is -0.602. The maximum absolute atomic E-state index is 11.2. The van der Waals surface area contributed by atoms with Gasteiger partial charge >= 0.3 is 0 Å². The molecular weight excluding hydrogens is 206 g/mol. The molecule has 0 spiro atoms. The van der Waals surface area contributed by atoms with Crippen LogP contribution < -0.4 is 11.1 Å². The zero-order valence-electron chi connectivity index (χ0n) is 10.9. The molecule has 4 N–H and O–H groups in total. The lowest BCUT2D eigenvalue weighted by Gasteiger charge is -2.01. The second kappa shape index (κ2) is 6.60. The van der Waals surface area contributed by atoms with Gasteiger partial charge in [-0.25, -0.2) is 4.98 Å². The molecule has 88 valence electrons. The first kappa shape index (κ1) is 9.38. The average Bonchev–Trinajstić information content (AvgIpc) is 2.86. The van der Waals surface area contributed by atoms with Crippen LogP contribution in [-0.2, 0) is 11.2 Å². The van der Waals surface area contributed by atoms with Gasteiger partial charge in [-0.1, -0.05) is 6.90 Å². The molecular formula is C10H17N5O. The van der Waals surface area contributed by atoms with Crippen LogP contribution in [-0.4, -0.2) is 28.4 Å². The van der Waals surface area contributed by atoms with E-state index in [1.165, 1.54) is 0 Å². The van der Waals surface area contributed by atoms with Crippen molar-refractivity contribution in [3.63, 3.8) is 0 Å². The molecule has 0 aliphatic carbocycles. The van der Waals surface area contributed by atoms with Crippen LogP contribution in [0.2, 0.25) is 0 Å². The van der Waals surface area contributed by atoms with Gasteiger partial charge in [-0.3, -0.25) is 15.1 Å². The van der Waals surface area contributed by atoms with Gasteiger partial charge in [0.25, 0.3) is 0 Å². The fraction of sp³-hybridized carbons (Fsp3) is 0.500. The van der Waals surface area contributed by atoms with Crippen LogP contribution in [0.15, 0.2) is 17.5 Å². The summed E-state index contributed by atoms with van der Waals surface area (Å²) in [5, 5.41) is 2.29. The third kappa shape index (κ3) is 4.59. The van der Waals surface area contributed by atoms with Gasteiger partial charge in [0, 0.05) is 27.6 Å². The van der Waals surface area contributed by atoms with Gasteiger partial charge in [0.1, 0.15) is 0 Å². The summed E-state index contributed by atoms with van der Waals surface area (Å²) in [6.45, 7) is 0.188. The molecule has 0 saturated heterocycles. The number of guanidine groups is 1. The van der Waals surface area contributed by atoms with Crippen molar-refractivity contribution in [3.8, 4) is 0 Å². The van der Waals surface area contributed by atoms with E-state index >= 15 is 0 Å². The topological polar surface area (TPSA) is 96.2 Å². The van der Waals surface area contributed by atoms with Crippen molar-refractivity contribution in [1.29, 1.82) is 0 Å². The van der Waals surface area contributed by atoms with Crippen LogP contribution in [0.4, 0.5) is 0 Å². The standard InChI is InChI=1S/C10H17N5O/c1-2-9(16)15-10(11)13-5-3-4-8-6-12-7-14-8/h6-7H,2-5H2,1H3,(H,12,14)(H3,11,13,15,16)/i1T,2T. The summed E-state index contributed by atoms with van der Waals surface area (Å²) in [6.07, 6.45) is 3.82. The van der Waals surface area contributed by atoms with E-state index in [1.54, 1.807) is 12.5 Å². The molecule has 0 radical (unpaired) electrons. The number of H-pyrrole nitrogens is 1. The molecule has 1 aromatic heterocycles. The highest BCUT2D eigenvalue weighted by Gasteiger charge is 1.98. The molecule has 1 rings (SSSR count). The van der Waals surface area contributed by atoms with Crippen molar-refractivity contribution in [3.05, 3.63) is 18.2 Å². The molecule has 1 heterocycles. The Labute approximate surface area is 97.2 Å². The number of aliphatic imine (C=N–C) groups is 1. The highest BCUT2D eigenvalue weighted by molar-refractivity contribution is 5.95. The minimum absolute atomic E-state index is 0.00434. The first-order chi connectivity index (χ1) is 8.63. The molecule has 6 heteroatoms. The molecule has 1 aromatic rings. The molecule has 16 heavy (non-hydrogen) atoms. The van der Waals surface area contributed by atoms with Crippen LogP contribution in [0, 0.1) is 0 Å². The van der Waals surface area contributed by atoms with Gasteiger partial charge in [0.15, 0.2) is 5.96 Å². The lowest BCUT2D eigenvalue weighted by atomic mass is 10.2. The number of nitrogens with one attached hydrogen (secondary N) is 2. The summed E-state index contributed by atoms with van der Waals surface area (Å²) < 4.78 is 14.1. The fourth-order valence-electron chi connectivity index (χ4n) is 1.11. The number of carbonyl (C=O) groups is 1. The van der Waals surface area contributed by atoms with E-state index in [4.69, 9.17) is 8.48 Å². The summed E-state index contributed by atoms with van der Waals surface area (Å²) in [5.41, 5.74) is 6.50. The lowest BCUT2D eigenvalue weighted by Crippen LogP contribution is -2.36. The third-order valence-electron chi connectivity index (χ3n) is 1.88. The first-order valence-corrected chi connectivity index (χ1v) is 4.93. The molecule has 0 aliphatic rings. The van der Waals surface area contributed by atoms with E-state index in [2.05, 4.69) is 20.3 Å². The van der Waals surface area contributed by atoms with Gasteiger partial charge in [0.05, 0.1) is 6.33 Å². The zero-order valence-corrected chi connectivity index (χ0v) is 8.94. The number of aryl methyl sites for hydroxylation is 1. The SMILES string of the molecule is [3H]CC([3H])C(=O)NC(N)=NCCCc1cnc[nH]1. The Hall–Kier alpha value is -1.85. The van der Waals surface area contributed by atoms with E-state index < -0.39 is 12.3 Å². The van der Waals surface area contributed by atoms with E-state index in [0.717, 1.165) is 18.5 Å². The Morgan fingerprint density at radius 2 is 2.75 bits per heavy atom.